The maximum atomic E-state index is 12.7. The average molecular weight is 380 g/mol. The van der Waals surface area contributed by atoms with Gasteiger partial charge in [-0.2, -0.15) is 0 Å². The fourth-order valence-corrected chi connectivity index (χ4v) is 2.58. The molecule has 3 nitrogen and oxygen atoms in total. The summed E-state index contributed by atoms with van der Waals surface area (Å²) in [6, 6.07) is 11.7. The number of rotatable bonds is 4. The van der Waals surface area contributed by atoms with E-state index in [9.17, 15) is 4.79 Å². The Balaban J connectivity index is 2.25. The third-order valence-corrected chi connectivity index (χ3v) is 4.00. The summed E-state index contributed by atoms with van der Waals surface area (Å²) < 4.78 is 0.979. The van der Waals surface area contributed by atoms with Crippen molar-refractivity contribution >= 4 is 28.5 Å². The Hall–Kier alpha value is -1.43. The first-order valence-electron chi connectivity index (χ1n) is 6.54. The quantitative estimate of drug-likeness (QED) is 0.758. The van der Waals surface area contributed by atoms with Gasteiger partial charge in [0.25, 0.3) is 5.91 Å². The van der Waals surface area contributed by atoms with Crippen LogP contribution in [0.25, 0.3) is 0 Å². The number of nitrogens with zero attached hydrogens (tertiary/aromatic N) is 2. The van der Waals surface area contributed by atoms with Gasteiger partial charge in [0.2, 0.25) is 0 Å². The van der Waals surface area contributed by atoms with E-state index in [1.165, 1.54) is 0 Å². The lowest BCUT2D eigenvalue weighted by atomic mass is 10.1. The molecule has 0 saturated carbocycles. The number of carbonyl (C=O) groups is 1. The second-order valence-corrected chi connectivity index (χ2v) is 6.03. The van der Waals surface area contributed by atoms with Crippen molar-refractivity contribution in [3.05, 3.63) is 63.5 Å². The monoisotopic (exact) mass is 380 g/mol. The lowest BCUT2D eigenvalue weighted by Crippen LogP contribution is -2.36. The van der Waals surface area contributed by atoms with Crippen LogP contribution in [0.15, 0.2) is 48.8 Å². The van der Waals surface area contributed by atoms with Crippen LogP contribution >= 0.6 is 22.6 Å². The molecule has 2 rings (SSSR count). The maximum absolute atomic E-state index is 12.7. The van der Waals surface area contributed by atoms with E-state index >= 15 is 0 Å². The molecule has 0 aliphatic rings. The van der Waals surface area contributed by atoms with E-state index < -0.39 is 0 Å². The molecule has 0 N–H and O–H groups in total. The fourth-order valence-electron chi connectivity index (χ4n) is 1.97. The molecule has 1 amide bonds. The van der Waals surface area contributed by atoms with Crippen LogP contribution in [0, 0.1) is 3.57 Å². The number of carbonyl (C=O) groups excluding carboxylic acids is 1. The fraction of sp³-hybridized carbons (Fsp3) is 0.250. The summed E-state index contributed by atoms with van der Waals surface area (Å²) in [5, 5.41) is 0. The Labute approximate surface area is 133 Å². The smallest absolute Gasteiger partial charge is 0.255 e. The maximum Gasteiger partial charge on any atom is 0.255 e. The van der Waals surface area contributed by atoms with Gasteiger partial charge in [-0.1, -0.05) is 18.2 Å². The zero-order valence-electron chi connectivity index (χ0n) is 11.6. The number of pyridine rings is 1. The molecule has 0 radical (unpaired) electrons. The van der Waals surface area contributed by atoms with Gasteiger partial charge in [-0.15, -0.1) is 0 Å². The van der Waals surface area contributed by atoms with E-state index in [1.807, 2.05) is 55.1 Å². The predicted octanol–water partition coefficient (Wildman–Crippen LogP) is 3.74. The number of hydrogen-bond donors (Lipinski definition) is 0. The largest absolute Gasteiger partial charge is 0.332 e. The molecule has 0 bridgehead atoms. The molecule has 0 saturated heterocycles. The third-order valence-electron chi connectivity index (χ3n) is 3.06. The van der Waals surface area contributed by atoms with Crippen LogP contribution in [0.5, 0.6) is 0 Å². The van der Waals surface area contributed by atoms with Crippen molar-refractivity contribution in [1.82, 2.24) is 9.88 Å². The highest BCUT2D eigenvalue weighted by atomic mass is 127. The van der Waals surface area contributed by atoms with Gasteiger partial charge in [0.15, 0.2) is 0 Å². The molecule has 0 unspecified atom stereocenters. The van der Waals surface area contributed by atoms with Crippen LogP contribution in [0.3, 0.4) is 0 Å². The van der Waals surface area contributed by atoms with Gasteiger partial charge >= 0.3 is 0 Å². The molecule has 0 aliphatic carbocycles. The molecule has 0 aliphatic heterocycles. The number of benzene rings is 1. The van der Waals surface area contributed by atoms with Crippen LogP contribution in [0.2, 0.25) is 0 Å². The van der Waals surface area contributed by atoms with Crippen molar-refractivity contribution < 1.29 is 4.79 Å². The summed E-state index contributed by atoms with van der Waals surface area (Å²) >= 11 is 2.20. The second kappa shape index (κ2) is 6.83. The first-order valence-corrected chi connectivity index (χ1v) is 7.62. The van der Waals surface area contributed by atoms with Gasteiger partial charge in [0.05, 0.1) is 5.56 Å². The molecule has 4 heteroatoms. The molecule has 1 aromatic heterocycles. The number of halogens is 1. The highest BCUT2D eigenvalue weighted by Gasteiger charge is 2.20. The van der Waals surface area contributed by atoms with E-state index in [0.29, 0.717) is 6.54 Å². The Morgan fingerprint density at radius 1 is 1.25 bits per heavy atom. The lowest BCUT2D eigenvalue weighted by Gasteiger charge is -2.27. The predicted molar refractivity (Wildman–Crippen MR) is 88.4 cm³/mol. The van der Waals surface area contributed by atoms with Crippen molar-refractivity contribution in [3.63, 3.8) is 0 Å². The first-order chi connectivity index (χ1) is 9.59. The number of hydrogen-bond acceptors (Lipinski definition) is 2. The Morgan fingerprint density at radius 2 is 2.00 bits per heavy atom. The molecule has 0 fully saturated rings. The topological polar surface area (TPSA) is 33.2 Å². The van der Waals surface area contributed by atoms with Crippen LogP contribution in [-0.2, 0) is 6.54 Å². The molecule has 2 aromatic rings. The summed E-state index contributed by atoms with van der Waals surface area (Å²) in [6.45, 7) is 4.64. The van der Waals surface area contributed by atoms with E-state index in [4.69, 9.17) is 0 Å². The summed E-state index contributed by atoms with van der Waals surface area (Å²) in [4.78, 5) is 18.7. The normalized spacial score (nSPS) is 10.6. The van der Waals surface area contributed by atoms with Crippen molar-refractivity contribution in [1.29, 1.82) is 0 Å². The van der Waals surface area contributed by atoms with Crippen LogP contribution in [0.1, 0.15) is 29.8 Å². The molecule has 0 spiro atoms. The SMILES string of the molecule is CC(C)N(Cc1cccnc1)C(=O)c1ccccc1I. The lowest BCUT2D eigenvalue weighted by molar-refractivity contribution is 0.0689. The molecule has 104 valence electrons. The average Bonchev–Trinajstić information content (AvgIpc) is 2.45. The van der Waals surface area contributed by atoms with E-state index in [1.54, 1.807) is 12.4 Å². The van der Waals surface area contributed by atoms with E-state index in [-0.39, 0.29) is 11.9 Å². The van der Waals surface area contributed by atoms with Crippen LogP contribution < -0.4 is 0 Å². The highest BCUT2D eigenvalue weighted by molar-refractivity contribution is 14.1. The second-order valence-electron chi connectivity index (χ2n) is 4.87. The summed E-state index contributed by atoms with van der Waals surface area (Å²) in [5.41, 5.74) is 1.80. The molecule has 0 atom stereocenters. The van der Waals surface area contributed by atoms with Gasteiger partial charge in [0, 0.05) is 28.6 Å². The minimum Gasteiger partial charge on any atom is -0.332 e. The van der Waals surface area contributed by atoms with Gasteiger partial charge in [-0.05, 0) is 60.2 Å². The van der Waals surface area contributed by atoms with Crippen LogP contribution in [0.4, 0.5) is 0 Å². The van der Waals surface area contributed by atoms with Crippen molar-refractivity contribution in [2.24, 2.45) is 0 Å². The molecule has 1 aromatic carbocycles. The zero-order valence-corrected chi connectivity index (χ0v) is 13.7. The van der Waals surface area contributed by atoms with Crippen molar-refractivity contribution in [2.45, 2.75) is 26.4 Å². The van der Waals surface area contributed by atoms with Crippen LogP contribution in [-0.4, -0.2) is 21.8 Å². The molecule has 1 heterocycles. The highest BCUT2D eigenvalue weighted by Crippen LogP contribution is 2.17. The Bertz CT molecular complexity index is 584. The summed E-state index contributed by atoms with van der Waals surface area (Å²) in [7, 11) is 0. The van der Waals surface area contributed by atoms with Gasteiger partial charge in [0.1, 0.15) is 0 Å². The van der Waals surface area contributed by atoms with E-state index in [0.717, 1.165) is 14.7 Å². The summed E-state index contributed by atoms with van der Waals surface area (Å²) in [5.74, 6) is 0.0638. The summed E-state index contributed by atoms with van der Waals surface area (Å²) in [6.07, 6.45) is 3.55. The Kier molecular flexibility index (Phi) is 5.11. The molecular formula is C16H17IN2O. The Morgan fingerprint density at radius 3 is 2.60 bits per heavy atom. The minimum absolute atomic E-state index is 0.0638. The zero-order chi connectivity index (χ0) is 14.5. The number of aromatic nitrogens is 1. The standard InChI is InChI=1S/C16H17IN2O/c1-12(2)19(11-13-6-5-9-18-10-13)16(20)14-7-3-4-8-15(14)17/h3-10,12H,11H2,1-2H3. The molecule has 20 heavy (non-hydrogen) atoms. The number of amides is 1. The van der Waals surface area contributed by atoms with Gasteiger partial charge in [-0.25, -0.2) is 0 Å². The van der Waals surface area contributed by atoms with Crippen molar-refractivity contribution in [3.8, 4) is 0 Å². The van der Waals surface area contributed by atoms with Crippen molar-refractivity contribution in [2.75, 3.05) is 0 Å². The third kappa shape index (κ3) is 3.56. The van der Waals surface area contributed by atoms with Gasteiger partial charge in [-0.3, -0.25) is 9.78 Å². The van der Waals surface area contributed by atoms with E-state index in [2.05, 4.69) is 27.6 Å². The minimum atomic E-state index is 0.0638. The van der Waals surface area contributed by atoms with Gasteiger partial charge < -0.3 is 4.90 Å². The molecular weight excluding hydrogens is 363 g/mol. The first kappa shape index (κ1) is 15.0.